The molecule has 3 nitrogen and oxygen atoms in total. The topological polar surface area (TPSA) is 35.5 Å². The maximum atomic E-state index is 11.6. The van der Waals surface area contributed by atoms with Crippen molar-refractivity contribution in [3.8, 4) is 0 Å². The molecule has 34 heavy (non-hydrogen) atoms. The maximum absolute atomic E-state index is 11.6. The summed E-state index contributed by atoms with van der Waals surface area (Å²) in [4.78, 5) is 11.6. The molecule has 0 atom stereocenters. The molecular weight excluding hydrogens is 436 g/mol. The molecule has 0 bridgehead atoms. The van der Waals surface area contributed by atoms with E-state index in [4.69, 9.17) is 9.16 Å². The predicted octanol–water partition coefficient (Wildman–Crippen LogP) is 6.19. The minimum absolute atomic E-state index is 0.000877. The van der Waals surface area contributed by atoms with Crippen LogP contribution in [-0.4, -0.2) is 28.0 Å². The Morgan fingerprint density at radius 3 is 2.03 bits per heavy atom. The normalized spacial score (nSPS) is 14.6. The zero-order chi connectivity index (χ0) is 24.6. The fraction of sp³-hybridized carbons (Fsp3) is 0.433. The van der Waals surface area contributed by atoms with Gasteiger partial charge in [0.2, 0.25) is 0 Å². The average Bonchev–Trinajstić information content (AvgIpc) is 3.68. The number of esters is 1. The number of carbonyl (C=O) groups is 1. The van der Waals surface area contributed by atoms with Gasteiger partial charge in [0.1, 0.15) is 0 Å². The molecule has 0 radical (unpaired) electrons. The summed E-state index contributed by atoms with van der Waals surface area (Å²) in [5.74, 6) is 0.402. The number of methoxy groups -OCH3 is 1. The number of ether oxygens (including phenoxy) is 1. The van der Waals surface area contributed by atoms with Crippen molar-refractivity contribution in [3.63, 3.8) is 0 Å². The van der Waals surface area contributed by atoms with Crippen LogP contribution < -0.4 is 10.4 Å². The van der Waals surface area contributed by atoms with Crippen LogP contribution in [0, 0.1) is 5.92 Å². The quantitative estimate of drug-likeness (QED) is 0.120. The molecule has 3 rings (SSSR count). The van der Waals surface area contributed by atoms with Gasteiger partial charge in [-0.25, -0.2) is 4.79 Å². The van der Waals surface area contributed by atoms with Gasteiger partial charge in [0.25, 0.3) is 8.32 Å². The van der Waals surface area contributed by atoms with Gasteiger partial charge in [-0.05, 0) is 59.9 Å². The molecule has 2 aromatic carbocycles. The molecule has 2 aromatic rings. The van der Waals surface area contributed by atoms with Crippen LogP contribution in [0.3, 0.4) is 0 Å². The molecule has 182 valence electrons. The van der Waals surface area contributed by atoms with Crippen molar-refractivity contribution >= 4 is 24.7 Å². The van der Waals surface area contributed by atoms with E-state index < -0.39 is 8.32 Å². The van der Waals surface area contributed by atoms with Crippen molar-refractivity contribution in [2.75, 3.05) is 13.7 Å². The standard InChI is InChI=1S/C30H40O3Si/c1-24(29(31)32-5)14-12-15-25(26-21-22-26)16-13-23-33-34(30(2,3)4,27-17-8-6-9-18-27)28-19-10-7-11-20-28/h6-11,15,17-20,26H,1,12-14,16,21-23H2,2-5H3/b25-15+. The molecule has 0 heterocycles. The largest absolute Gasteiger partial charge is 0.466 e. The lowest BCUT2D eigenvalue weighted by Gasteiger charge is -2.43. The van der Waals surface area contributed by atoms with Crippen molar-refractivity contribution in [2.24, 2.45) is 5.92 Å². The Bertz CT molecular complexity index is 930. The monoisotopic (exact) mass is 476 g/mol. The van der Waals surface area contributed by atoms with Gasteiger partial charge >= 0.3 is 5.97 Å². The molecule has 0 N–H and O–H groups in total. The molecule has 1 aliphatic carbocycles. The number of hydrogen-bond donors (Lipinski definition) is 0. The predicted molar refractivity (Wildman–Crippen MR) is 144 cm³/mol. The zero-order valence-corrected chi connectivity index (χ0v) is 22.3. The van der Waals surface area contributed by atoms with E-state index in [0.717, 1.165) is 25.9 Å². The van der Waals surface area contributed by atoms with E-state index in [1.165, 1.54) is 35.9 Å². The second kappa shape index (κ2) is 11.8. The first-order chi connectivity index (χ1) is 16.3. The van der Waals surface area contributed by atoms with Crippen LogP contribution in [0.15, 0.2) is 84.5 Å². The minimum Gasteiger partial charge on any atom is -0.466 e. The fourth-order valence-corrected chi connectivity index (χ4v) is 9.47. The van der Waals surface area contributed by atoms with Gasteiger partial charge in [0.05, 0.1) is 7.11 Å². The van der Waals surface area contributed by atoms with Crippen molar-refractivity contribution in [3.05, 3.63) is 84.5 Å². The van der Waals surface area contributed by atoms with Crippen molar-refractivity contribution in [1.29, 1.82) is 0 Å². The number of carbonyl (C=O) groups excluding carboxylic acids is 1. The van der Waals surface area contributed by atoms with Crippen molar-refractivity contribution < 1.29 is 14.0 Å². The lowest BCUT2D eigenvalue weighted by Crippen LogP contribution is -2.66. The molecule has 0 spiro atoms. The highest BCUT2D eigenvalue weighted by Gasteiger charge is 2.49. The maximum Gasteiger partial charge on any atom is 0.333 e. The summed E-state index contributed by atoms with van der Waals surface area (Å²) >= 11 is 0. The van der Waals surface area contributed by atoms with Crippen LogP contribution in [0.25, 0.3) is 0 Å². The van der Waals surface area contributed by atoms with E-state index in [9.17, 15) is 4.79 Å². The number of rotatable bonds is 12. The third-order valence-corrected chi connectivity index (χ3v) is 11.8. The van der Waals surface area contributed by atoms with Gasteiger partial charge in [0.15, 0.2) is 0 Å². The summed E-state index contributed by atoms with van der Waals surface area (Å²) in [7, 11) is -1.06. The second-order valence-electron chi connectivity index (χ2n) is 10.3. The highest BCUT2D eigenvalue weighted by molar-refractivity contribution is 6.99. The van der Waals surface area contributed by atoms with Crippen LogP contribution in [0.4, 0.5) is 0 Å². The van der Waals surface area contributed by atoms with Crippen molar-refractivity contribution in [2.45, 2.75) is 64.3 Å². The molecule has 0 unspecified atom stereocenters. The van der Waals surface area contributed by atoms with Gasteiger partial charge < -0.3 is 9.16 Å². The Morgan fingerprint density at radius 1 is 1.00 bits per heavy atom. The number of allylic oxidation sites excluding steroid dienone is 2. The third kappa shape index (κ3) is 6.37. The Hall–Kier alpha value is -2.43. The molecule has 4 heteroatoms. The molecule has 1 fully saturated rings. The lowest BCUT2D eigenvalue weighted by atomic mass is 10.0. The smallest absolute Gasteiger partial charge is 0.333 e. The summed E-state index contributed by atoms with van der Waals surface area (Å²) in [5.41, 5.74) is 2.06. The molecule has 1 aliphatic rings. The zero-order valence-electron chi connectivity index (χ0n) is 21.3. The van der Waals surface area contributed by atoms with Crippen LogP contribution in [0.2, 0.25) is 5.04 Å². The molecule has 0 saturated heterocycles. The van der Waals surface area contributed by atoms with Gasteiger partial charge in [-0.1, -0.05) is 99.7 Å². The molecule has 0 amide bonds. The summed E-state index contributed by atoms with van der Waals surface area (Å²) in [5, 5.41) is 2.65. The first kappa shape index (κ1) is 26.2. The average molecular weight is 477 g/mol. The summed E-state index contributed by atoms with van der Waals surface area (Å²) in [6.07, 6.45) is 8.43. The van der Waals surface area contributed by atoms with Gasteiger partial charge in [-0.2, -0.15) is 0 Å². The van der Waals surface area contributed by atoms with E-state index in [-0.39, 0.29) is 11.0 Å². The lowest BCUT2D eigenvalue weighted by molar-refractivity contribution is -0.136. The van der Waals surface area contributed by atoms with Gasteiger partial charge in [0, 0.05) is 12.2 Å². The Kier molecular flexibility index (Phi) is 9.09. The van der Waals surface area contributed by atoms with Crippen LogP contribution in [-0.2, 0) is 14.0 Å². The first-order valence-corrected chi connectivity index (χ1v) is 14.4. The van der Waals surface area contributed by atoms with Crippen LogP contribution in [0.1, 0.15) is 59.3 Å². The van der Waals surface area contributed by atoms with Gasteiger partial charge in [-0.3, -0.25) is 0 Å². The molecule has 0 aromatic heterocycles. The highest BCUT2D eigenvalue weighted by Crippen LogP contribution is 2.40. The number of hydrogen-bond acceptors (Lipinski definition) is 3. The molecular formula is C30H40O3Si. The van der Waals surface area contributed by atoms with E-state index in [2.05, 4.69) is 94.1 Å². The Morgan fingerprint density at radius 2 is 1.56 bits per heavy atom. The SMILES string of the molecule is C=C(CC/C=C(\CCCO[Si](c1ccccc1)(c1ccccc1)C(C)(C)C)C1CC1)C(=O)OC. The van der Waals surface area contributed by atoms with E-state index >= 15 is 0 Å². The minimum atomic E-state index is -2.47. The molecule has 1 saturated carbocycles. The molecule has 0 aliphatic heterocycles. The van der Waals surface area contributed by atoms with Crippen molar-refractivity contribution in [1.82, 2.24) is 0 Å². The second-order valence-corrected chi connectivity index (χ2v) is 14.6. The fourth-order valence-electron chi connectivity index (χ4n) is 4.87. The van der Waals surface area contributed by atoms with Crippen LogP contribution >= 0.6 is 0 Å². The summed E-state index contributed by atoms with van der Waals surface area (Å²) in [6, 6.07) is 21.7. The first-order valence-electron chi connectivity index (χ1n) is 12.5. The third-order valence-electron chi connectivity index (χ3n) is 6.77. The van der Waals surface area contributed by atoms with E-state index in [1.54, 1.807) is 0 Å². The van der Waals surface area contributed by atoms with Gasteiger partial charge in [-0.15, -0.1) is 0 Å². The summed E-state index contributed by atoms with van der Waals surface area (Å²) in [6.45, 7) is 11.6. The summed E-state index contributed by atoms with van der Waals surface area (Å²) < 4.78 is 11.8. The van der Waals surface area contributed by atoms with E-state index in [0.29, 0.717) is 17.9 Å². The van der Waals surface area contributed by atoms with Crippen LogP contribution in [0.5, 0.6) is 0 Å². The Balaban J connectivity index is 1.71. The van der Waals surface area contributed by atoms with E-state index in [1.807, 2.05) is 0 Å². The Labute approximate surface area is 207 Å². The highest BCUT2D eigenvalue weighted by atomic mass is 28.4. The number of benzene rings is 2.